The lowest BCUT2D eigenvalue weighted by Gasteiger charge is -2.27. The van der Waals surface area contributed by atoms with Gasteiger partial charge < -0.3 is 15.1 Å². The topological polar surface area (TPSA) is 57.2 Å². The van der Waals surface area contributed by atoms with Crippen molar-refractivity contribution in [3.8, 4) is 0 Å². The van der Waals surface area contributed by atoms with Crippen LogP contribution < -0.4 is 10.2 Å². The van der Waals surface area contributed by atoms with Crippen LogP contribution in [-0.4, -0.2) is 45.5 Å². The van der Waals surface area contributed by atoms with Gasteiger partial charge in [0.15, 0.2) is 11.6 Å². The van der Waals surface area contributed by atoms with Crippen molar-refractivity contribution in [2.24, 2.45) is 0 Å². The minimum atomic E-state index is -4.40. The lowest BCUT2D eigenvalue weighted by molar-refractivity contribution is -0.137. The number of hydrogen-bond donors (Lipinski definition) is 1. The number of anilines is 2. The van der Waals surface area contributed by atoms with Gasteiger partial charge in [-0.1, -0.05) is 18.7 Å². The molecular weight excluding hydrogens is 472 g/mol. The molecule has 0 saturated carbocycles. The summed E-state index contributed by atoms with van der Waals surface area (Å²) in [5, 5.41) is 3.22. The van der Waals surface area contributed by atoms with Gasteiger partial charge >= 0.3 is 6.18 Å². The Kier molecular flexibility index (Phi) is 6.51. The number of rotatable bonds is 6. The second kappa shape index (κ2) is 9.75. The lowest BCUT2D eigenvalue weighted by Crippen LogP contribution is -2.28. The molecule has 2 atom stereocenters. The van der Waals surface area contributed by atoms with E-state index in [4.69, 9.17) is 0 Å². The summed E-state index contributed by atoms with van der Waals surface area (Å²) >= 11 is 0. The molecule has 2 aliphatic rings. The van der Waals surface area contributed by atoms with E-state index in [2.05, 4.69) is 31.7 Å². The van der Waals surface area contributed by atoms with Gasteiger partial charge in [-0.3, -0.25) is 4.98 Å². The Labute approximate surface area is 206 Å². The predicted molar refractivity (Wildman–Crippen MR) is 130 cm³/mol. The maximum atomic E-state index is 15.6. The highest BCUT2D eigenvalue weighted by atomic mass is 19.4. The minimum Gasteiger partial charge on any atom is -0.369 e. The zero-order valence-corrected chi connectivity index (χ0v) is 19.5. The van der Waals surface area contributed by atoms with Crippen LogP contribution in [0.5, 0.6) is 0 Å². The Bertz CT molecular complexity index is 1220. The molecule has 5 rings (SSSR count). The van der Waals surface area contributed by atoms with E-state index < -0.39 is 17.6 Å². The SMILES string of the molecule is C=C(c1ccncc1)N1CCC(Nc2ncnc(N3CCCC3c3ccc(C(F)(F)F)cc3)c2F)C1. The average molecular weight is 499 g/mol. The zero-order chi connectivity index (χ0) is 25.3. The van der Waals surface area contributed by atoms with E-state index in [1.807, 2.05) is 17.0 Å². The van der Waals surface area contributed by atoms with Gasteiger partial charge in [0.1, 0.15) is 6.33 Å². The number of hydrogen-bond acceptors (Lipinski definition) is 6. The maximum Gasteiger partial charge on any atom is 0.416 e. The molecule has 2 unspecified atom stereocenters. The number of benzene rings is 1. The summed E-state index contributed by atoms with van der Waals surface area (Å²) in [7, 11) is 0. The standard InChI is InChI=1S/C26H26F4N6/c1-17(18-8-11-31-12-9-18)35-14-10-21(15-35)34-24-23(27)25(33-16-32-24)36-13-2-3-22(36)19-4-6-20(7-5-19)26(28,29)30/h4-9,11-12,16,21-22H,1-3,10,13-15H2,(H,32,33,34). The summed E-state index contributed by atoms with van der Waals surface area (Å²) < 4.78 is 54.5. The van der Waals surface area contributed by atoms with Gasteiger partial charge in [-0.25, -0.2) is 9.97 Å². The molecule has 0 amide bonds. The quantitative estimate of drug-likeness (QED) is 0.451. The van der Waals surface area contributed by atoms with Crippen molar-refractivity contribution >= 4 is 17.3 Å². The molecule has 0 radical (unpaired) electrons. The molecular formula is C26H26F4N6. The molecule has 1 N–H and O–H groups in total. The monoisotopic (exact) mass is 498 g/mol. The highest BCUT2D eigenvalue weighted by molar-refractivity contribution is 5.62. The Morgan fingerprint density at radius 3 is 2.47 bits per heavy atom. The van der Waals surface area contributed by atoms with Crippen molar-refractivity contribution in [3.63, 3.8) is 0 Å². The molecule has 2 fully saturated rings. The zero-order valence-electron chi connectivity index (χ0n) is 19.5. The van der Waals surface area contributed by atoms with Crippen LogP contribution in [0.1, 0.15) is 42.0 Å². The van der Waals surface area contributed by atoms with Crippen molar-refractivity contribution in [1.82, 2.24) is 19.9 Å². The normalized spacial score (nSPS) is 20.1. The maximum absolute atomic E-state index is 15.6. The van der Waals surface area contributed by atoms with Crippen LogP contribution in [0.25, 0.3) is 5.70 Å². The Hall–Kier alpha value is -3.69. The number of pyridine rings is 1. The molecule has 6 nitrogen and oxygen atoms in total. The van der Waals surface area contributed by atoms with E-state index in [9.17, 15) is 13.2 Å². The first-order chi connectivity index (χ1) is 17.3. The molecule has 0 aliphatic carbocycles. The first kappa shape index (κ1) is 24.0. The molecule has 3 aromatic rings. The lowest BCUT2D eigenvalue weighted by atomic mass is 10.0. The van der Waals surface area contributed by atoms with Gasteiger partial charge in [-0.05, 0) is 49.1 Å². The number of aromatic nitrogens is 3. The van der Waals surface area contributed by atoms with Crippen molar-refractivity contribution < 1.29 is 17.6 Å². The molecule has 36 heavy (non-hydrogen) atoms. The number of nitrogens with one attached hydrogen (secondary N) is 1. The van der Waals surface area contributed by atoms with E-state index in [1.54, 1.807) is 12.4 Å². The molecule has 2 aliphatic heterocycles. The molecule has 1 aromatic carbocycles. The average Bonchev–Trinajstić information content (AvgIpc) is 3.55. The largest absolute Gasteiger partial charge is 0.416 e. The fraction of sp³-hybridized carbons (Fsp3) is 0.346. The van der Waals surface area contributed by atoms with Gasteiger partial charge in [0.2, 0.25) is 5.82 Å². The fourth-order valence-corrected chi connectivity index (χ4v) is 4.97. The van der Waals surface area contributed by atoms with E-state index in [0.29, 0.717) is 25.1 Å². The summed E-state index contributed by atoms with van der Waals surface area (Å²) in [6.45, 7) is 6.18. The van der Waals surface area contributed by atoms with Crippen molar-refractivity contribution in [1.29, 1.82) is 0 Å². The smallest absolute Gasteiger partial charge is 0.369 e. The fourth-order valence-electron chi connectivity index (χ4n) is 4.97. The van der Waals surface area contributed by atoms with Crippen molar-refractivity contribution in [2.45, 2.75) is 37.5 Å². The molecule has 2 aromatic heterocycles. The number of nitrogens with zero attached hydrogens (tertiary/aromatic N) is 5. The van der Waals surface area contributed by atoms with Crippen LogP contribution in [0, 0.1) is 5.82 Å². The summed E-state index contributed by atoms with van der Waals surface area (Å²) in [5.41, 5.74) is 1.88. The van der Waals surface area contributed by atoms with Gasteiger partial charge in [0.05, 0.1) is 11.6 Å². The van der Waals surface area contributed by atoms with E-state index in [-0.39, 0.29) is 23.7 Å². The van der Waals surface area contributed by atoms with E-state index in [0.717, 1.165) is 42.8 Å². The third-order valence-electron chi connectivity index (χ3n) is 6.84. The second-order valence-electron chi connectivity index (χ2n) is 9.09. The van der Waals surface area contributed by atoms with Gasteiger partial charge in [0.25, 0.3) is 0 Å². The Morgan fingerprint density at radius 2 is 1.75 bits per heavy atom. The summed E-state index contributed by atoms with van der Waals surface area (Å²) in [4.78, 5) is 16.3. The van der Waals surface area contributed by atoms with Gasteiger partial charge in [-0.15, -0.1) is 0 Å². The Morgan fingerprint density at radius 1 is 1.00 bits per heavy atom. The van der Waals surface area contributed by atoms with E-state index in [1.165, 1.54) is 18.5 Å². The van der Waals surface area contributed by atoms with Crippen LogP contribution in [0.3, 0.4) is 0 Å². The third kappa shape index (κ3) is 4.84. The predicted octanol–water partition coefficient (Wildman–Crippen LogP) is 5.53. The number of halogens is 4. The molecule has 10 heteroatoms. The Balaban J connectivity index is 1.30. The molecule has 188 valence electrons. The molecule has 2 saturated heterocycles. The third-order valence-corrected chi connectivity index (χ3v) is 6.84. The molecule has 0 spiro atoms. The summed E-state index contributed by atoms with van der Waals surface area (Å²) in [6.07, 6.45) is 2.65. The number of alkyl halides is 3. The van der Waals surface area contributed by atoms with Crippen LogP contribution in [0.4, 0.5) is 29.2 Å². The van der Waals surface area contributed by atoms with Crippen LogP contribution in [-0.2, 0) is 6.18 Å². The van der Waals surface area contributed by atoms with Gasteiger partial charge in [0, 0.05) is 49.3 Å². The van der Waals surface area contributed by atoms with Crippen LogP contribution >= 0.6 is 0 Å². The number of likely N-dealkylation sites (tertiary alicyclic amines) is 1. The van der Waals surface area contributed by atoms with Crippen LogP contribution in [0.2, 0.25) is 0 Å². The summed E-state index contributed by atoms with van der Waals surface area (Å²) in [6, 6.07) is 8.60. The van der Waals surface area contributed by atoms with Gasteiger partial charge in [-0.2, -0.15) is 17.6 Å². The first-order valence-electron chi connectivity index (χ1n) is 11.9. The first-order valence-corrected chi connectivity index (χ1v) is 11.9. The highest BCUT2D eigenvalue weighted by Crippen LogP contribution is 2.38. The second-order valence-corrected chi connectivity index (χ2v) is 9.09. The van der Waals surface area contributed by atoms with E-state index >= 15 is 4.39 Å². The highest BCUT2D eigenvalue weighted by Gasteiger charge is 2.33. The molecule has 4 heterocycles. The molecule has 0 bridgehead atoms. The van der Waals surface area contributed by atoms with Crippen molar-refractivity contribution in [2.75, 3.05) is 29.9 Å². The minimum absolute atomic E-state index is 0.0230. The van der Waals surface area contributed by atoms with Crippen molar-refractivity contribution in [3.05, 3.63) is 84.2 Å². The van der Waals surface area contributed by atoms with Crippen LogP contribution in [0.15, 0.2) is 61.7 Å². The summed E-state index contributed by atoms with van der Waals surface area (Å²) in [5.74, 6) is -0.270.